The van der Waals surface area contributed by atoms with Gasteiger partial charge in [0.25, 0.3) is 11.6 Å². The number of non-ortho nitro benzene ring substituents is 1. The normalized spacial score (nSPS) is 17.1. The molecule has 1 amide bonds. The first-order valence-electron chi connectivity index (χ1n) is 12.9. The number of morpholine rings is 1. The number of hydrogen-bond acceptors (Lipinski definition) is 10. The molecule has 2 aromatic carbocycles. The zero-order valence-electron chi connectivity index (χ0n) is 22.5. The van der Waals surface area contributed by atoms with E-state index >= 15 is 0 Å². The van der Waals surface area contributed by atoms with Crippen LogP contribution < -0.4 is 25.7 Å². The molecule has 0 radical (unpaired) electrons. The van der Waals surface area contributed by atoms with Crippen LogP contribution in [-0.4, -0.2) is 67.6 Å². The largest absolute Gasteiger partial charge is 0.483 e. The fourth-order valence-corrected chi connectivity index (χ4v) is 4.73. The van der Waals surface area contributed by atoms with Gasteiger partial charge in [0.2, 0.25) is 0 Å². The van der Waals surface area contributed by atoms with Crippen LogP contribution in [-0.2, 0) is 19.1 Å². The molecule has 13 nitrogen and oxygen atoms in total. The van der Waals surface area contributed by atoms with Crippen LogP contribution in [0.25, 0.3) is 0 Å². The van der Waals surface area contributed by atoms with E-state index in [0.29, 0.717) is 59.6 Å². The van der Waals surface area contributed by atoms with Gasteiger partial charge in [-0.1, -0.05) is 18.2 Å². The van der Waals surface area contributed by atoms with Crippen molar-refractivity contribution in [2.24, 2.45) is 5.10 Å². The topological polar surface area (TPSA) is 157 Å². The predicted octanol–water partition coefficient (Wildman–Crippen LogP) is 2.32. The van der Waals surface area contributed by atoms with Gasteiger partial charge in [-0.25, -0.2) is 10.2 Å². The zero-order valence-corrected chi connectivity index (χ0v) is 23.4. The standard InChI is InChI=1S/C27H30N6O7S/c1-3-39-26(35)24-17(2)29-27(41)30-25(24)20-6-4-5-7-22(20)40-16-23(34)31-28-15-18-14-19(33(36)37)8-9-21(18)32-10-12-38-13-11-32/h4-9,14-15,25H,3,10-13,16H2,1-2H3,(H,31,34)(H2,29,30,41)/t25-/m1/s1. The molecule has 41 heavy (non-hydrogen) atoms. The first-order chi connectivity index (χ1) is 19.8. The zero-order chi connectivity index (χ0) is 29.4. The lowest BCUT2D eigenvalue weighted by molar-refractivity contribution is -0.384. The van der Waals surface area contributed by atoms with E-state index in [0.717, 1.165) is 5.69 Å². The summed E-state index contributed by atoms with van der Waals surface area (Å²) < 4.78 is 16.4. The molecule has 0 aromatic heterocycles. The molecule has 1 saturated heterocycles. The number of carbonyl (C=O) groups is 2. The lowest BCUT2D eigenvalue weighted by atomic mass is 9.95. The Labute approximate surface area is 241 Å². The highest BCUT2D eigenvalue weighted by Crippen LogP contribution is 2.33. The second kappa shape index (κ2) is 13.7. The number of rotatable bonds is 10. The van der Waals surface area contributed by atoms with Gasteiger partial charge in [0, 0.05) is 47.7 Å². The summed E-state index contributed by atoms with van der Waals surface area (Å²) in [5.41, 5.74) is 5.02. The summed E-state index contributed by atoms with van der Waals surface area (Å²) in [4.78, 5) is 38.2. The summed E-state index contributed by atoms with van der Waals surface area (Å²) in [5.74, 6) is -0.700. The maximum atomic E-state index is 12.7. The molecular weight excluding hydrogens is 552 g/mol. The number of amides is 1. The smallest absolute Gasteiger partial charge is 0.338 e. The fourth-order valence-electron chi connectivity index (χ4n) is 4.46. The highest BCUT2D eigenvalue weighted by molar-refractivity contribution is 7.80. The summed E-state index contributed by atoms with van der Waals surface area (Å²) in [5, 5.41) is 21.7. The Kier molecular flexibility index (Phi) is 9.81. The minimum atomic E-state index is -0.660. The summed E-state index contributed by atoms with van der Waals surface area (Å²) in [6.45, 7) is 5.60. The number of para-hydroxylation sites is 1. The van der Waals surface area contributed by atoms with E-state index in [-0.39, 0.29) is 18.9 Å². The number of hydrazone groups is 1. The summed E-state index contributed by atoms with van der Waals surface area (Å²) in [6, 6.07) is 10.8. The summed E-state index contributed by atoms with van der Waals surface area (Å²) in [6.07, 6.45) is 1.36. The van der Waals surface area contributed by atoms with Crippen LogP contribution >= 0.6 is 12.2 Å². The van der Waals surface area contributed by atoms with Crippen molar-refractivity contribution in [1.29, 1.82) is 0 Å². The molecule has 0 unspecified atom stereocenters. The lowest BCUT2D eigenvalue weighted by Crippen LogP contribution is -2.45. The third-order valence-electron chi connectivity index (χ3n) is 6.32. The van der Waals surface area contributed by atoms with Gasteiger partial charge in [-0.15, -0.1) is 0 Å². The number of benzene rings is 2. The number of nitro benzene ring substituents is 1. The second-order valence-electron chi connectivity index (χ2n) is 9.01. The van der Waals surface area contributed by atoms with Crippen molar-refractivity contribution in [1.82, 2.24) is 16.1 Å². The minimum Gasteiger partial charge on any atom is -0.483 e. The molecule has 1 fully saturated rings. The number of nitrogens with zero attached hydrogens (tertiary/aromatic N) is 3. The van der Waals surface area contributed by atoms with Crippen molar-refractivity contribution in [2.75, 3.05) is 44.4 Å². The fraction of sp³-hybridized carbons (Fsp3) is 0.333. The molecule has 2 aliphatic heterocycles. The molecule has 0 spiro atoms. The quantitative estimate of drug-likeness (QED) is 0.124. The van der Waals surface area contributed by atoms with Crippen molar-refractivity contribution >= 4 is 46.8 Å². The molecule has 4 rings (SSSR count). The Hall–Kier alpha value is -4.56. The molecule has 2 heterocycles. The molecule has 1 atom stereocenters. The van der Waals surface area contributed by atoms with Gasteiger partial charge in [0.1, 0.15) is 5.75 Å². The van der Waals surface area contributed by atoms with E-state index in [2.05, 4.69) is 21.2 Å². The number of ether oxygens (including phenoxy) is 3. The number of hydrogen-bond donors (Lipinski definition) is 3. The van der Waals surface area contributed by atoms with Crippen LogP contribution in [0, 0.1) is 10.1 Å². The van der Waals surface area contributed by atoms with Gasteiger partial charge in [-0.2, -0.15) is 5.10 Å². The maximum absolute atomic E-state index is 12.7. The Balaban J connectivity index is 1.46. The number of esters is 1. The second-order valence-corrected chi connectivity index (χ2v) is 9.42. The number of nitrogens with one attached hydrogen (secondary N) is 3. The Morgan fingerprint density at radius 2 is 2.02 bits per heavy atom. The number of allylic oxidation sites excluding steroid dienone is 1. The van der Waals surface area contributed by atoms with Crippen molar-refractivity contribution in [3.63, 3.8) is 0 Å². The van der Waals surface area contributed by atoms with Gasteiger partial charge in [-0.3, -0.25) is 14.9 Å². The van der Waals surface area contributed by atoms with Gasteiger partial charge >= 0.3 is 5.97 Å². The van der Waals surface area contributed by atoms with E-state index in [4.69, 9.17) is 26.4 Å². The van der Waals surface area contributed by atoms with Crippen LogP contribution in [0.1, 0.15) is 31.0 Å². The van der Waals surface area contributed by atoms with Crippen molar-refractivity contribution in [3.05, 3.63) is 75.0 Å². The molecule has 0 bridgehead atoms. The van der Waals surface area contributed by atoms with Crippen molar-refractivity contribution < 1.29 is 28.7 Å². The van der Waals surface area contributed by atoms with Crippen LogP contribution in [0.3, 0.4) is 0 Å². The highest BCUT2D eigenvalue weighted by atomic mass is 32.1. The number of anilines is 1. The molecule has 2 aromatic rings. The molecule has 0 saturated carbocycles. The van der Waals surface area contributed by atoms with Gasteiger partial charge in [0.15, 0.2) is 11.7 Å². The lowest BCUT2D eigenvalue weighted by Gasteiger charge is -2.30. The molecule has 2 aliphatic rings. The van der Waals surface area contributed by atoms with E-state index in [1.54, 1.807) is 44.2 Å². The van der Waals surface area contributed by atoms with Crippen LogP contribution in [0.4, 0.5) is 11.4 Å². The van der Waals surface area contributed by atoms with E-state index in [1.807, 2.05) is 4.90 Å². The predicted molar refractivity (Wildman–Crippen MR) is 155 cm³/mol. The third kappa shape index (κ3) is 7.35. The molecule has 3 N–H and O–H groups in total. The molecule has 216 valence electrons. The summed E-state index contributed by atoms with van der Waals surface area (Å²) >= 11 is 5.30. The highest BCUT2D eigenvalue weighted by Gasteiger charge is 2.32. The Morgan fingerprint density at radius 1 is 1.27 bits per heavy atom. The first-order valence-corrected chi connectivity index (χ1v) is 13.3. The molecule has 14 heteroatoms. The van der Waals surface area contributed by atoms with Crippen molar-refractivity contribution in [2.45, 2.75) is 19.9 Å². The summed E-state index contributed by atoms with van der Waals surface area (Å²) in [7, 11) is 0. The minimum absolute atomic E-state index is 0.0906. The average Bonchev–Trinajstić information content (AvgIpc) is 2.96. The molecular formula is C27H30N6O7S. The number of carbonyl (C=O) groups excluding carboxylic acids is 2. The van der Waals surface area contributed by atoms with Gasteiger partial charge < -0.3 is 29.7 Å². The number of thiocarbonyl (C=S) groups is 1. The van der Waals surface area contributed by atoms with E-state index < -0.39 is 22.8 Å². The monoisotopic (exact) mass is 582 g/mol. The Morgan fingerprint density at radius 3 is 2.76 bits per heavy atom. The SMILES string of the molecule is CCOC(=O)C1=C(C)NC(=S)N[C@@H]1c1ccccc1OCC(=O)NN=Cc1cc([N+](=O)[O-])ccc1N1CCOCC1. The molecule has 0 aliphatic carbocycles. The third-order valence-corrected chi connectivity index (χ3v) is 6.54. The van der Waals surface area contributed by atoms with Crippen LogP contribution in [0.15, 0.2) is 58.8 Å². The van der Waals surface area contributed by atoms with Crippen LogP contribution in [0.5, 0.6) is 5.75 Å². The first kappa shape index (κ1) is 29.4. The van der Waals surface area contributed by atoms with E-state index in [1.165, 1.54) is 18.3 Å². The maximum Gasteiger partial charge on any atom is 0.338 e. The van der Waals surface area contributed by atoms with Crippen LogP contribution in [0.2, 0.25) is 0 Å². The van der Waals surface area contributed by atoms with Gasteiger partial charge in [0.05, 0.1) is 42.6 Å². The Bertz CT molecular complexity index is 1390. The van der Waals surface area contributed by atoms with E-state index in [9.17, 15) is 19.7 Å². The van der Waals surface area contributed by atoms with Gasteiger partial charge in [-0.05, 0) is 38.2 Å². The van der Waals surface area contributed by atoms with Crippen molar-refractivity contribution in [3.8, 4) is 5.75 Å². The average molecular weight is 583 g/mol. The number of nitro groups is 1.